The maximum atomic E-state index is 10.1. The molecule has 0 saturated carbocycles. The normalized spacial score (nSPS) is 9.86. The van der Waals surface area contributed by atoms with Gasteiger partial charge >= 0.3 is 0 Å². The number of carbonyl (C=O) groups excluding carboxylic acids is 1. The topological polar surface area (TPSA) is 26.3 Å². The summed E-state index contributed by atoms with van der Waals surface area (Å²) in [5.41, 5.74) is 0.855. The monoisotopic (exact) mass is 211 g/mol. The van der Waals surface area contributed by atoms with Crippen LogP contribution in [0.5, 0.6) is 5.75 Å². The molecule has 75 valence electrons. The van der Waals surface area contributed by atoms with E-state index in [1.165, 1.54) is 0 Å². The smallest absolute Gasteiger partial charge is 0.203 e. The minimum absolute atomic E-state index is 0.272. The average molecular weight is 212 g/mol. The fraction of sp³-hybridized carbons (Fsp3) is 0.364. The lowest BCUT2D eigenvalue weighted by Gasteiger charge is -2.07. The zero-order chi connectivity index (χ0) is 10.4. The molecular weight excluding hydrogens is 200 g/mol. The molecule has 0 aliphatic heterocycles. The van der Waals surface area contributed by atoms with Crippen LogP contribution in [0.15, 0.2) is 18.2 Å². The Bertz CT molecular complexity index is 310. The number of benzene rings is 1. The van der Waals surface area contributed by atoms with Crippen molar-refractivity contribution in [2.24, 2.45) is 0 Å². The van der Waals surface area contributed by atoms with Crippen LogP contribution in [-0.4, -0.2) is 12.9 Å². The maximum Gasteiger partial charge on any atom is 0.203 e. The molecule has 0 aliphatic carbocycles. The molecule has 14 heavy (non-hydrogen) atoms. The molecule has 0 bridgehead atoms. The van der Waals surface area contributed by atoms with Gasteiger partial charge in [0.25, 0.3) is 0 Å². The van der Waals surface area contributed by atoms with Gasteiger partial charge < -0.3 is 4.74 Å². The number of halogens is 1. The molecule has 1 aromatic carbocycles. The summed E-state index contributed by atoms with van der Waals surface area (Å²) in [7, 11) is 0. The van der Waals surface area contributed by atoms with Crippen molar-refractivity contribution in [2.45, 2.75) is 19.8 Å². The average Bonchev–Trinajstić information content (AvgIpc) is 2.17. The molecule has 0 heterocycles. The second-order valence-electron chi connectivity index (χ2n) is 2.93. The van der Waals surface area contributed by atoms with Gasteiger partial charge in [-0.25, -0.2) is 0 Å². The SMILES string of the molecule is CCCOc1ccc(C[C]=O)cc1Cl. The molecule has 1 aromatic rings. The second kappa shape index (κ2) is 5.66. The maximum absolute atomic E-state index is 10.1. The van der Waals surface area contributed by atoms with Crippen molar-refractivity contribution >= 4 is 17.9 Å². The Balaban J connectivity index is 2.73. The number of hydrogen-bond donors (Lipinski definition) is 0. The third-order valence-corrected chi connectivity index (χ3v) is 2.03. The molecule has 0 atom stereocenters. The molecule has 3 heteroatoms. The second-order valence-corrected chi connectivity index (χ2v) is 3.34. The van der Waals surface area contributed by atoms with E-state index in [0.717, 1.165) is 12.0 Å². The van der Waals surface area contributed by atoms with Crippen LogP contribution in [-0.2, 0) is 11.2 Å². The quantitative estimate of drug-likeness (QED) is 0.749. The highest BCUT2D eigenvalue weighted by Crippen LogP contribution is 2.25. The first-order chi connectivity index (χ1) is 6.77. The van der Waals surface area contributed by atoms with Gasteiger partial charge in [-0.1, -0.05) is 24.6 Å². The zero-order valence-corrected chi connectivity index (χ0v) is 8.80. The molecule has 2 nitrogen and oxygen atoms in total. The first-order valence-electron chi connectivity index (χ1n) is 4.54. The third-order valence-electron chi connectivity index (χ3n) is 1.73. The van der Waals surface area contributed by atoms with Crippen molar-refractivity contribution in [3.05, 3.63) is 28.8 Å². The van der Waals surface area contributed by atoms with Crippen LogP contribution in [0.25, 0.3) is 0 Å². The van der Waals surface area contributed by atoms with Gasteiger partial charge in [-0.2, -0.15) is 0 Å². The summed E-state index contributed by atoms with van der Waals surface area (Å²) in [6.07, 6.45) is 3.04. The van der Waals surface area contributed by atoms with Gasteiger partial charge in [0.15, 0.2) is 0 Å². The minimum Gasteiger partial charge on any atom is -0.492 e. The van der Waals surface area contributed by atoms with E-state index in [-0.39, 0.29) is 6.42 Å². The fourth-order valence-corrected chi connectivity index (χ4v) is 1.32. The van der Waals surface area contributed by atoms with Crippen LogP contribution in [0.4, 0.5) is 0 Å². The molecule has 0 saturated heterocycles. The van der Waals surface area contributed by atoms with Gasteiger partial charge in [-0.05, 0) is 24.1 Å². The van der Waals surface area contributed by atoms with Crippen molar-refractivity contribution in [3.63, 3.8) is 0 Å². The van der Waals surface area contributed by atoms with Crippen molar-refractivity contribution in [1.29, 1.82) is 0 Å². The lowest BCUT2D eigenvalue weighted by Crippen LogP contribution is -1.96. The summed E-state index contributed by atoms with van der Waals surface area (Å²) in [5.74, 6) is 0.670. The molecule has 0 aliphatic rings. The summed E-state index contributed by atoms with van der Waals surface area (Å²) in [6, 6.07) is 5.34. The van der Waals surface area contributed by atoms with Gasteiger partial charge in [0.1, 0.15) is 5.75 Å². The highest BCUT2D eigenvalue weighted by atomic mass is 35.5. The Morgan fingerprint density at radius 2 is 2.29 bits per heavy atom. The van der Waals surface area contributed by atoms with E-state index in [1.54, 1.807) is 12.1 Å². The van der Waals surface area contributed by atoms with Gasteiger partial charge in [0, 0.05) is 6.42 Å². The molecule has 1 rings (SSSR count). The highest BCUT2D eigenvalue weighted by molar-refractivity contribution is 6.32. The van der Waals surface area contributed by atoms with E-state index < -0.39 is 0 Å². The van der Waals surface area contributed by atoms with Crippen molar-refractivity contribution in [2.75, 3.05) is 6.61 Å². The summed E-state index contributed by atoms with van der Waals surface area (Å²) in [6.45, 7) is 2.68. The van der Waals surface area contributed by atoms with Gasteiger partial charge in [0.05, 0.1) is 11.6 Å². The van der Waals surface area contributed by atoms with Crippen molar-refractivity contribution < 1.29 is 9.53 Å². The lowest BCUT2D eigenvalue weighted by molar-refractivity contribution is 0.317. The minimum atomic E-state index is 0.272. The molecule has 0 spiro atoms. The Morgan fingerprint density at radius 3 is 2.86 bits per heavy atom. The van der Waals surface area contributed by atoms with Crippen LogP contribution >= 0.6 is 11.6 Å². The predicted molar refractivity (Wildman–Crippen MR) is 56.6 cm³/mol. The Labute approximate surface area is 88.8 Å². The number of ether oxygens (including phenoxy) is 1. The lowest BCUT2D eigenvalue weighted by atomic mass is 10.2. The van der Waals surface area contributed by atoms with E-state index in [4.69, 9.17) is 16.3 Å². The first kappa shape index (κ1) is 11.1. The van der Waals surface area contributed by atoms with Crippen LogP contribution in [0.2, 0.25) is 5.02 Å². The summed E-state index contributed by atoms with van der Waals surface area (Å²) < 4.78 is 5.39. The van der Waals surface area contributed by atoms with E-state index in [2.05, 4.69) is 0 Å². The molecule has 1 radical (unpaired) electrons. The summed E-state index contributed by atoms with van der Waals surface area (Å²) in [5, 5.41) is 0.547. The fourth-order valence-electron chi connectivity index (χ4n) is 1.07. The van der Waals surface area contributed by atoms with Gasteiger partial charge in [0.2, 0.25) is 6.29 Å². The zero-order valence-electron chi connectivity index (χ0n) is 8.05. The number of rotatable bonds is 5. The van der Waals surface area contributed by atoms with Gasteiger partial charge in [-0.3, -0.25) is 4.79 Å². The first-order valence-corrected chi connectivity index (χ1v) is 4.92. The standard InChI is InChI=1S/C11H12ClO2/c1-2-7-14-11-4-3-9(5-6-13)8-10(11)12/h3-4,8H,2,5,7H2,1H3. The van der Waals surface area contributed by atoms with Crippen LogP contribution in [0.1, 0.15) is 18.9 Å². The Kier molecular flexibility index (Phi) is 4.47. The molecule has 0 unspecified atom stereocenters. The third kappa shape index (κ3) is 3.04. The van der Waals surface area contributed by atoms with Crippen molar-refractivity contribution in [3.8, 4) is 5.75 Å². The Morgan fingerprint density at radius 1 is 1.50 bits per heavy atom. The Hall–Kier alpha value is -1.02. The predicted octanol–water partition coefficient (Wildman–Crippen LogP) is 2.78. The van der Waals surface area contributed by atoms with Crippen LogP contribution in [0.3, 0.4) is 0 Å². The molecule has 0 fully saturated rings. The van der Waals surface area contributed by atoms with Crippen LogP contribution in [0, 0.1) is 0 Å². The van der Waals surface area contributed by atoms with E-state index in [9.17, 15) is 4.79 Å². The summed E-state index contributed by atoms with van der Waals surface area (Å²) >= 11 is 5.95. The van der Waals surface area contributed by atoms with Gasteiger partial charge in [-0.15, -0.1) is 0 Å². The van der Waals surface area contributed by atoms with E-state index >= 15 is 0 Å². The molecular formula is C11H12ClO2. The highest BCUT2D eigenvalue weighted by Gasteiger charge is 2.02. The largest absolute Gasteiger partial charge is 0.492 e. The number of hydrogen-bond acceptors (Lipinski definition) is 2. The molecule has 0 N–H and O–H groups in total. The van der Waals surface area contributed by atoms with Crippen molar-refractivity contribution in [1.82, 2.24) is 0 Å². The van der Waals surface area contributed by atoms with E-state index in [1.807, 2.05) is 19.3 Å². The molecule has 0 aromatic heterocycles. The van der Waals surface area contributed by atoms with Crippen LogP contribution < -0.4 is 4.74 Å². The summed E-state index contributed by atoms with van der Waals surface area (Å²) in [4.78, 5) is 10.1. The molecule has 0 amide bonds. The van der Waals surface area contributed by atoms with E-state index in [0.29, 0.717) is 17.4 Å².